The molecule has 0 atom stereocenters. The number of phosphoric ester groups is 1. The zero-order valence-corrected chi connectivity index (χ0v) is 27.3. The monoisotopic (exact) mass is 542 g/mol. The van der Waals surface area contributed by atoms with E-state index in [4.69, 9.17) is 13.6 Å². The fourth-order valence-electron chi connectivity index (χ4n) is 2.39. The molecule has 4 nitrogen and oxygen atoms in total. The van der Waals surface area contributed by atoms with Gasteiger partial charge in [-0.2, -0.15) is 4.57 Å². The third kappa shape index (κ3) is 7.59. The molecule has 3 rings (SSSR count). The van der Waals surface area contributed by atoms with Crippen LogP contribution in [-0.4, -0.2) is 0 Å². The van der Waals surface area contributed by atoms with Crippen molar-refractivity contribution >= 4 is 7.82 Å². The molecule has 0 fully saturated rings. The molecule has 0 N–H and O–H groups in total. The molecule has 0 radical (unpaired) electrons. The minimum atomic E-state index is -3.97. The molecule has 0 aliphatic rings. The van der Waals surface area contributed by atoms with E-state index in [1.54, 1.807) is 18.2 Å². The summed E-state index contributed by atoms with van der Waals surface area (Å²) >= 11 is 0. The molecule has 0 amide bonds. The summed E-state index contributed by atoms with van der Waals surface area (Å²) in [5, 5.41) is 0. The third-order valence-corrected chi connectivity index (χ3v) is 5.17. The maximum atomic E-state index is 13.5. The van der Waals surface area contributed by atoms with Crippen LogP contribution in [-0.2, 0) is 4.57 Å². The van der Waals surface area contributed by atoms with Crippen LogP contribution in [0.25, 0.3) is 0 Å². The Hall–Kier alpha value is 0.978. The normalized spacial score (nSPS) is 10.2. The second-order valence-electron chi connectivity index (χ2n) is 6.02. The van der Waals surface area contributed by atoms with E-state index < -0.39 is 7.82 Å². The van der Waals surface area contributed by atoms with Crippen molar-refractivity contribution in [1.82, 2.24) is 0 Å². The molecule has 0 aliphatic heterocycles. The summed E-state index contributed by atoms with van der Waals surface area (Å²) < 4.78 is 30.8. The number of hydrogen-bond acceptors (Lipinski definition) is 4. The molecule has 138 valence electrons. The van der Waals surface area contributed by atoms with E-state index in [0.29, 0.717) is 17.2 Å². The van der Waals surface area contributed by atoms with Crippen LogP contribution >= 0.6 is 7.82 Å². The van der Waals surface area contributed by atoms with Gasteiger partial charge in [-0.05, 0) is 55.7 Å². The van der Waals surface area contributed by atoms with Crippen molar-refractivity contribution in [1.29, 1.82) is 0 Å². The van der Waals surface area contributed by atoms with Gasteiger partial charge in [-0.3, -0.25) is 0 Å². The Morgan fingerprint density at radius 2 is 0.857 bits per heavy atom. The van der Waals surface area contributed by atoms with E-state index in [1.165, 1.54) is 0 Å². The number of phosphoric acid groups is 1. The molecule has 0 saturated carbocycles. The molecule has 0 bridgehead atoms. The molecule has 0 aromatic heterocycles. The first kappa shape index (κ1) is 27.0. The predicted octanol–water partition coefficient (Wildman–Crippen LogP) is 0.490. The van der Waals surface area contributed by atoms with E-state index in [0.717, 1.165) is 16.7 Å². The van der Waals surface area contributed by atoms with E-state index in [1.807, 2.05) is 75.4 Å². The molecular formula is C21H23CsKO4P. The summed E-state index contributed by atoms with van der Waals surface area (Å²) in [6, 6.07) is 22.0. The number of hydrogen-bond donors (Lipinski definition) is 0. The SMILES string of the molecule is Cc1ccccc1OP(=O)(Oc1ccccc1C)Oc1ccccc1C.[Cs+].[H-].[H-].[K+]. The van der Waals surface area contributed by atoms with Gasteiger partial charge in [-0.15, -0.1) is 0 Å². The smallest absolute Gasteiger partial charge is 1.00 e. The average molecular weight is 542 g/mol. The van der Waals surface area contributed by atoms with E-state index in [-0.39, 0.29) is 123 Å². The minimum absolute atomic E-state index is 0. The molecule has 0 spiro atoms. The Labute approximate surface area is 271 Å². The van der Waals surface area contributed by atoms with Gasteiger partial charge >= 0.3 is 128 Å². The van der Waals surface area contributed by atoms with Gasteiger partial charge in [0, 0.05) is 0 Å². The van der Waals surface area contributed by atoms with Gasteiger partial charge in [0.2, 0.25) is 0 Å². The number of para-hydroxylation sites is 3. The van der Waals surface area contributed by atoms with E-state index in [9.17, 15) is 4.57 Å². The average Bonchev–Trinajstić information content (AvgIpc) is 2.61. The fourth-order valence-corrected chi connectivity index (χ4v) is 3.84. The molecule has 0 heterocycles. The Kier molecular flexibility index (Phi) is 12.3. The summed E-state index contributed by atoms with van der Waals surface area (Å²) in [6.45, 7) is 5.63. The summed E-state index contributed by atoms with van der Waals surface area (Å²) in [4.78, 5) is 0. The standard InChI is InChI=1S/C21H21O4P.Cs.K.2H/c1-16-10-4-7-13-19(16)23-26(22,24-20-14-8-5-11-17(20)2)25-21-15-9-6-12-18(21)3;;;;/h4-15H,1-3H3;;;;/q;2*+1;2*-1. The summed E-state index contributed by atoms with van der Waals surface area (Å²) in [6.07, 6.45) is 0. The summed E-state index contributed by atoms with van der Waals surface area (Å²) in [5.74, 6) is 1.37. The summed E-state index contributed by atoms with van der Waals surface area (Å²) in [5.41, 5.74) is 2.53. The minimum Gasteiger partial charge on any atom is -1.00 e. The third-order valence-electron chi connectivity index (χ3n) is 3.91. The fraction of sp³-hybridized carbons (Fsp3) is 0.143. The van der Waals surface area contributed by atoms with Crippen LogP contribution in [0.3, 0.4) is 0 Å². The van der Waals surface area contributed by atoms with E-state index >= 15 is 0 Å². The van der Waals surface area contributed by atoms with Crippen molar-refractivity contribution in [3.63, 3.8) is 0 Å². The van der Waals surface area contributed by atoms with Gasteiger partial charge in [0.05, 0.1) is 0 Å². The molecule has 7 heteroatoms. The predicted molar refractivity (Wildman–Crippen MR) is 105 cm³/mol. The van der Waals surface area contributed by atoms with Gasteiger partial charge in [0.25, 0.3) is 0 Å². The maximum Gasteiger partial charge on any atom is 1.00 e. The molecular weight excluding hydrogens is 519 g/mol. The second kappa shape index (κ2) is 12.7. The number of benzene rings is 3. The van der Waals surface area contributed by atoms with Gasteiger partial charge in [0.15, 0.2) is 0 Å². The molecule has 28 heavy (non-hydrogen) atoms. The zero-order chi connectivity index (χ0) is 18.6. The van der Waals surface area contributed by atoms with Gasteiger partial charge in [-0.1, -0.05) is 54.6 Å². The molecule has 3 aromatic carbocycles. The van der Waals surface area contributed by atoms with Crippen molar-refractivity contribution in [3.05, 3.63) is 89.5 Å². The first-order valence-corrected chi connectivity index (χ1v) is 9.79. The largest absolute Gasteiger partial charge is 1.00 e. The van der Waals surface area contributed by atoms with Crippen LogP contribution in [0, 0.1) is 20.8 Å². The van der Waals surface area contributed by atoms with Crippen LogP contribution < -0.4 is 134 Å². The van der Waals surface area contributed by atoms with Crippen LogP contribution in [0.2, 0.25) is 0 Å². The summed E-state index contributed by atoms with van der Waals surface area (Å²) in [7, 11) is -3.97. The van der Waals surface area contributed by atoms with Crippen LogP contribution in [0.1, 0.15) is 19.5 Å². The second-order valence-corrected chi connectivity index (χ2v) is 7.46. The molecule has 0 aliphatic carbocycles. The van der Waals surface area contributed by atoms with Crippen LogP contribution in [0.15, 0.2) is 72.8 Å². The van der Waals surface area contributed by atoms with Crippen LogP contribution in [0.4, 0.5) is 0 Å². The quantitative estimate of drug-likeness (QED) is 0.336. The van der Waals surface area contributed by atoms with Gasteiger partial charge < -0.3 is 16.4 Å². The molecule has 3 aromatic rings. The Morgan fingerprint density at radius 1 is 0.607 bits per heavy atom. The van der Waals surface area contributed by atoms with E-state index in [2.05, 4.69) is 0 Å². The molecule has 0 unspecified atom stereocenters. The zero-order valence-electron chi connectivity index (χ0n) is 19.0. The maximum absolute atomic E-state index is 13.5. The molecule has 0 saturated heterocycles. The first-order valence-electron chi connectivity index (χ1n) is 8.32. The first-order chi connectivity index (χ1) is 12.5. The Balaban J connectivity index is 0. The van der Waals surface area contributed by atoms with Crippen molar-refractivity contribution < 1.29 is 141 Å². The van der Waals surface area contributed by atoms with Crippen molar-refractivity contribution in [3.8, 4) is 17.2 Å². The van der Waals surface area contributed by atoms with Gasteiger partial charge in [-0.25, -0.2) is 0 Å². The van der Waals surface area contributed by atoms with Gasteiger partial charge in [0.1, 0.15) is 17.2 Å². The van der Waals surface area contributed by atoms with Crippen LogP contribution in [0.5, 0.6) is 17.2 Å². The number of aryl methyl sites for hydroxylation is 3. The Bertz CT molecular complexity index is 853. The Morgan fingerprint density at radius 3 is 1.11 bits per heavy atom. The number of rotatable bonds is 6. The van der Waals surface area contributed by atoms with Crippen molar-refractivity contribution in [2.75, 3.05) is 0 Å². The van der Waals surface area contributed by atoms with Crippen molar-refractivity contribution in [2.24, 2.45) is 0 Å². The van der Waals surface area contributed by atoms with Crippen molar-refractivity contribution in [2.45, 2.75) is 20.8 Å². The topological polar surface area (TPSA) is 44.8 Å².